The maximum Gasteiger partial charge on any atom is 0.155 e. The largest absolute Gasteiger partial charge is 0.383 e. The maximum absolute atomic E-state index is 11.3. The smallest absolute Gasteiger partial charge is 0.155 e. The highest BCUT2D eigenvalue weighted by Gasteiger charge is 2.51. The van der Waals surface area contributed by atoms with Gasteiger partial charge in [0.1, 0.15) is 11.4 Å². The molecule has 1 aromatic heterocycles. The normalized spacial score (nSPS) is 33.7. The first kappa shape index (κ1) is 15.8. The Kier molecular flexibility index (Phi) is 3.77. The lowest BCUT2D eigenvalue weighted by atomic mass is 9.91. The number of nitrogens with zero attached hydrogens (tertiary/aromatic N) is 3. The molecule has 2 atom stereocenters. The van der Waals surface area contributed by atoms with Crippen LogP contribution in [0.4, 0.5) is 5.82 Å². The molecule has 23 heavy (non-hydrogen) atoms. The molecular weight excluding hydrogens is 298 g/mol. The van der Waals surface area contributed by atoms with E-state index in [-0.39, 0.29) is 11.8 Å². The minimum atomic E-state index is -1.11. The lowest BCUT2D eigenvalue weighted by Crippen LogP contribution is -2.44. The molecule has 0 amide bonds. The van der Waals surface area contributed by atoms with Gasteiger partial charge in [0.2, 0.25) is 0 Å². The van der Waals surface area contributed by atoms with Crippen molar-refractivity contribution in [2.75, 3.05) is 5.73 Å². The number of aldehydes is 1. The number of aliphatic hydroxyl groups is 1. The van der Waals surface area contributed by atoms with Gasteiger partial charge in [-0.1, -0.05) is 0 Å². The van der Waals surface area contributed by atoms with E-state index in [1.165, 1.54) is 0 Å². The molecule has 2 aliphatic carbocycles. The maximum atomic E-state index is 11.3. The molecule has 0 aromatic carbocycles. The van der Waals surface area contributed by atoms with Gasteiger partial charge in [-0.25, -0.2) is 11.4 Å². The first-order chi connectivity index (χ1) is 10.9. The van der Waals surface area contributed by atoms with Crippen molar-refractivity contribution in [1.29, 1.82) is 0 Å². The number of nitrogens with one attached hydrogen (secondary N) is 1. The highest BCUT2D eigenvalue weighted by molar-refractivity contribution is 5.89. The van der Waals surface area contributed by atoms with Crippen molar-refractivity contribution >= 4 is 17.9 Å². The van der Waals surface area contributed by atoms with Crippen LogP contribution in [0.1, 0.15) is 47.7 Å². The van der Waals surface area contributed by atoms with Crippen molar-refractivity contribution in [3.63, 3.8) is 0 Å². The van der Waals surface area contributed by atoms with Crippen LogP contribution < -0.4 is 22.8 Å². The number of hydrazine groups is 1. The summed E-state index contributed by atoms with van der Waals surface area (Å²) in [6.07, 6.45) is 3.58. The molecule has 2 fully saturated rings. The number of aromatic nitrogens is 2. The number of hydrazone groups is 1. The number of carbonyl (C=O) groups is 1. The van der Waals surface area contributed by atoms with E-state index < -0.39 is 5.60 Å². The molecule has 0 bridgehead atoms. The zero-order chi connectivity index (χ0) is 16.8. The van der Waals surface area contributed by atoms with Crippen molar-refractivity contribution in [2.24, 2.45) is 35.6 Å². The van der Waals surface area contributed by atoms with Crippen LogP contribution in [0, 0.1) is 11.8 Å². The fourth-order valence-corrected chi connectivity index (χ4v) is 4.27. The number of hydrogen-bond donors (Lipinski definition) is 5. The number of carbonyl (C=O) groups excluding carboxylic acids is 1. The summed E-state index contributed by atoms with van der Waals surface area (Å²) in [6, 6.07) is 0. The van der Waals surface area contributed by atoms with Crippen molar-refractivity contribution in [3.8, 4) is 0 Å². The van der Waals surface area contributed by atoms with Crippen molar-refractivity contribution in [3.05, 3.63) is 11.3 Å². The highest BCUT2D eigenvalue weighted by Crippen LogP contribution is 2.54. The van der Waals surface area contributed by atoms with Gasteiger partial charge in [-0.2, -0.15) is 5.10 Å². The summed E-state index contributed by atoms with van der Waals surface area (Å²) < 4.78 is 1.54. The number of hydrogen-bond acceptors (Lipinski definition) is 7. The number of nitrogen functional groups attached to an aromatic ring is 1. The molecule has 0 spiro atoms. The second-order valence-corrected chi connectivity index (χ2v) is 6.68. The summed E-state index contributed by atoms with van der Waals surface area (Å²) in [6.45, 7) is 0. The third-order valence-electron chi connectivity index (χ3n) is 5.37. The summed E-state index contributed by atoms with van der Waals surface area (Å²) in [5.74, 6) is 6.48. The SMILES string of the molecule is Cn1nc(C2CC3CC(O)(/C(N)=N/NN)CC3C2)c(C=O)c1N. The van der Waals surface area contributed by atoms with E-state index in [0.29, 0.717) is 36.1 Å². The van der Waals surface area contributed by atoms with Crippen LogP contribution in [0.25, 0.3) is 0 Å². The zero-order valence-corrected chi connectivity index (χ0v) is 13.1. The monoisotopic (exact) mass is 321 g/mol. The number of rotatable bonds is 4. The lowest BCUT2D eigenvalue weighted by molar-refractivity contribution is 0.106. The van der Waals surface area contributed by atoms with Gasteiger partial charge in [0, 0.05) is 13.0 Å². The Hall–Kier alpha value is -2.13. The molecule has 2 saturated carbocycles. The summed E-state index contributed by atoms with van der Waals surface area (Å²) in [5.41, 5.74) is 14.0. The second-order valence-electron chi connectivity index (χ2n) is 6.68. The minimum Gasteiger partial charge on any atom is -0.383 e. The predicted octanol–water partition coefficient (Wildman–Crippen LogP) is -0.815. The Morgan fingerprint density at radius 1 is 1.48 bits per heavy atom. The molecule has 2 aliphatic rings. The van der Waals surface area contributed by atoms with Crippen LogP contribution in [0.5, 0.6) is 0 Å². The van der Waals surface area contributed by atoms with Gasteiger partial charge in [0.05, 0.1) is 11.3 Å². The molecule has 2 unspecified atom stereocenters. The first-order valence-electron chi connectivity index (χ1n) is 7.68. The Morgan fingerprint density at radius 2 is 2.09 bits per heavy atom. The molecule has 1 heterocycles. The van der Waals surface area contributed by atoms with Crippen LogP contribution in [-0.2, 0) is 7.05 Å². The number of amidine groups is 1. The van der Waals surface area contributed by atoms with E-state index in [1.54, 1.807) is 11.7 Å². The fourth-order valence-electron chi connectivity index (χ4n) is 4.27. The fraction of sp³-hybridized carbons (Fsp3) is 0.643. The summed E-state index contributed by atoms with van der Waals surface area (Å²) in [4.78, 5) is 11.3. The Bertz CT molecular complexity index is 640. The van der Waals surface area contributed by atoms with E-state index in [4.69, 9.17) is 17.3 Å². The lowest BCUT2D eigenvalue weighted by Gasteiger charge is -2.23. The van der Waals surface area contributed by atoms with E-state index in [9.17, 15) is 9.90 Å². The van der Waals surface area contributed by atoms with Gasteiger partial charge in [-0.15, -0.1) is 5.10 Å². The van der Waals surface area contributed by atoms with Crippen LogP contribution in [0.2, 0.25) is 0 Å². The van der Waals surface area contributed by atoms with Gasteiger partial charge in [0.25, 0.3) is 0 Å². The summed E-state index contributed by atoms with van der Waals surface area (Å²) >= 11 is 0. The van der Waals surface area contributed by atoms with Crippen LogP contribution in [0.3, 0.4) is 0 Å². The van der Waals surface area contributed by atoms with Gasteiger partial charge in [0.15, 0.2) is 12.1 Å². The molecule has 0 saturated heterocycles. The topological polar surface area (TPSA) is 158 Å². The van der Waals surface area contributed by atoms with Crippen molar-refractivity contribution in [1.82, 2.24) is 15.3 Å². The van der Waals surface area contributed by atoms with Gasteiger partial charge in [-0.05, 0) is 37.5 Å². The quantitative estimate of drug-likeness (QED) is 0.159. The Balaban J connectivity index is 1.77. The molecule has 3 rings (SSSR count). The Morgan fingerprint density at radius 3 is 2.61 bits per heavy atom. The average Bonchev–Trinajstić information content (AvgIpc) is 3.10. The summed E-state index contributed by atoms with van der Waals surface area (Å²) in [7, 11) is 1.73. The first-order valence-corrected chi connectivity index (χ1v) is 7.68. The number of aryl methyl sites for hydroxylation is 1. The van der Waals surface area contributed by atoms with E-state index >= 15 is 0 Å². The molecule has 9 heteroatoms. The summed E-state index contributed by atoms with van der Waals surface area (Å²) in [5, 5.41) is 18.8. The van der Waals surface area contributed by atoms with Gasteiger partial charge >= 0.3 is 0 Å². The van der Waals surface area contributed by atoms with Gasteiger partial charge in [-0.3, -0.25) is 9.48 Å². The van der Waals surface area contributed by atoms with E-state index in [0.717, 1.165) is 24.8 Å². The molecule has 0 aliphatic heterocycles. The highest BCUT2D eigenvalue weighted by atomic mass is 16.3. The predicted molar refractivity (Wildman–Crippen MR) is 85.1 cm³/mol. The zero-order valence-electron chi connectivity index (χ0n) is 13.1. The third kappa shape index (κ3) is 2.45. The third-order valence-corrected chi connectivity index (χ3v) is 5.37. The molecule has 9 nitrogen and oxygen atoms in total. The van der Waals surface area contributed by atoms with Crippen molar-refractivity contribution in [2.45, 2.75) is 37.2 Å². The van der Waals surface area contributed by atoms with Crippen LogP contribution in [-0.4, -0.2) is 32.6 Å². The Labute approximate surface area is 133 Å². The average molecular weight is 321 g/mol. The van der Waals surface area contributed by atoms with Crippen LogP contribution in [0.15, 0.2) is 5.10 Å². The molecule has 8 N–H and O–H groups in total. The standard InChI is InChI=1S/C14H23N7O2/c1-21-12(15)10(6-22)11(19-21)7-2-8-4-14(23,5-9(8)3-7)13(16)18-20-17/h6-9,20,23H,2-5,15,17H2,1H3,(H2,16,18). The molecule has 0 radical (unpaired) electrons. The number of anilines is 1. The van der Waals surface area contributed by atoms with E-state index in [2.05, 4.69) is 15.7 Å². The molecular formula is C14H23N7O2. The van der Waals surface area contributed by atoms with E-state index in [1.807, 2.05) is 0 Å². The minimum absolute atomic E-state index is 0.126. The number of fused-ring (bicyclic) bond motifs is 1. The van der Waals surface area contributed by atoms with Crippen LogP contribution >= 0.6 is 0 Å². The molecule has 1 aromatic rings. The molecule has 126 valence electrons. The van der Waals surface area contributed by atoms with Gasteiger partial charge < -0.3 is 16.6 Å². The number of nitrogens with two attached hydrogens (primary N) is 3. The van der Waals surface area contributed by atoms with Crippen molar-refractivity contribution < 1.29 is 9.90 Å². The second kappa shape index (κ2) is 5.50.